The van der Waals surface area contributed by atoms with Crippen molar-refractivity contribution in [1.82, 2.24) is 9.55 Å². The summed E-state index contributed by atoms with van der Waals surface area (Å²) < 4.78 is 2.18. The van der Waals surface area contributed by atoms with Gasteiger partial charge in [-0.1, -0.05) is 13.8 Å². The maximum absolute atomic E-state index is 11.2. The number of Topliss-reactive ketones (excluding diaryl/α,β-unsaturated/α-hetero) is 1. The van der Waals surface area contributed by atoms with Crippen molar-refractivity contribution in [1.29, 1.82) is 0 Å². The Bertz CT molecular complexity index is 341. The van der Waals surface area contributed by atoms with Crippen LogP contribution >= 0.6 is 0 Å². The van der Waals surface area contributed by atoms with Gasteiger partial charge in [0.25, 0.3) is 0 Å². The van der Waals surface area contributed by atoms with Crippen LogP contribution in [0, 0.1) is 0 Å². The highest BCUT2D eigenvalue weighted by Crippen LogP contribution is 2.29. The van der Waals surface area contributed by atoms with Gasteiger partial charge < -0.3 is 4.57 Å². The van der Waals surface area contributed by atoms with Crippen molar-refractivity contribution in [3.63, 3.8) is 0 Å². The molecule has 0 radical (unpaired) electrons. The van der Waals surface area contributed by atoms with Gasteiger partial charge in [-0.2, -0.15) is 0 Å². The van der Waals surface area contributed by atoms with Crippen molar-refractivity contribution in [3.8, 4) is 0 Å². The number of aromatic nitrogens is 2. The van der Waals surface area contributed by atoms with Crippen LogP contribution in [0.4, 0.5) is 0 Å². The van der Waals surface area contributed by atoms with Crippen LogP contribution in [-0.2, 0) is 4.79 Å². The minimum absolute atomic E-state index is 0.363. The number of carbonyl (C=O) groups is 1. The first-order valence-corrected chi connectivity index (χ1v) is 5.23. The van der Waals surface area contributed by atoms with Crippen molar-refractivity contribution >= 4 is 5.78 Å². The van der Waals surface area contributed by atoms with E-state index in [4.69, 9.17) is 0 Å². The molecule has 1 aliphatic carbocycles. The average molecular weight is 192 g/mol. The lowest BCUT2D eigenvalue weighted by atomic mass is 10.2. The van der Waals surface area contributed by atoms with Crippen LogP contribution in [0.15, 0.2) is 12.4 Å². The predicted octanol–water partition coefficient (Wildman–Crippen LogP) is 2.30. The summed E-state index contributed by atoms with van der Waals surface area (Å²) in [6, 6.07) is 0.363. The molecular weight excluding hydrogens is 176 g/mol. The predicted molar refractivity (Wildman–Crippen MR) is 54.2 cm³/mol. The molecule has 0 aliphatic heterocycles. The summed E-state index contributed by atoms with van der Waals surface area (Å²) >= 11 is 0. The van der Waals surface area contributed by atoms with Gasteiger partial charge in [0.2, 0.25) is 0 Å². The van der Waals surface area contributed by atoms with Crippen LogP contribution in [0.5, 0.6) is 0 Å². The van der Waals surface area contributed by atoms with Gasteiger partial charge in [-0.15, -0.1) is 0 Å². The first-order valence-electron chi connectivity index (χ1n) is 5.23. The first kappa shape index (κ1) is 9.44. The highest BCUT2D eigenvalue weighted by Gasteiger charge is 2.25. The zero-order chi connectivity index (χ0) is 10.1. The van der Waals surface area contributed by atoms with E-state index < -0.39 is 0 Å². The van der Waals surface area contributed by atoms with Gasteiger partial charge in [0, 0.05) is 37.2 Å². The van der Waals surface area contributed by atoms with E-state index >= 15 is 0 Å². The summed E-state index contributed by atoms with van der Waals surface area (Å²) in [6.07, 6.45) is 6.24. The summed E-state index contributed by atoms with van der Waals surface area (Å²) in [6.45, 7) is 4.27. The Balaban J connectivity index is 2.23. The summed E-state index contributed by atoms with van der Waals surface area (Å²) in [4.78, 5) is 15.5. The molecule has 1 aromatic rings. The Morgan fingerprint density at radius 1 is 1.57 bits per heavy atom. The van der Waals surface area contributed by atoms with Crippen molar-refractivity contribution in [2.45, 2.75) is 45.1 Å². The monoisotopic (exact) mass is 192 g/mol. The fourth-order valence-electron chi connectivity index (χ4n) is 2.11. The molecule has 0 spiro atoms. The van der Waals surface area contributed by atoms with Gasteiger partial charge in [0.1, 0.15) is 11.6 Å². The Kier molecular flexibility index (Phi) is 2.40. The Morgan fingerprint density at radius 2 is 2.36 bits per heavy atom. The quantitative estimate of drug-likeness (QED) is 0.720. The van der Waals surface area contributed by atoms with Crippen LogP contribution in [0.25, 0.3) is 0 Å². The van der Waals surface area contributed by atoms with E-state index in [1.54, 1.807) is 0 Å². The molecule has 2 rings (SSSR count). The molecule has 0 N–H and O–H groups in total. The molecule has 1 aliphatic rings. The Morgan fingerprint density at radius 3 is 2.93 bits per heavy atom. The molecule has 0 saturated heterocycles. The van der Waals surface area contributed by atoms with Gasteiger partial charge >= 0.3 is 0 Å². The molecule has 1 fully saturated rings. The lowest BCUT2D eigenvalue weighted by Crippen LogP contribution is -2.10. The van der Waals surface area contributed by atoms with E-state index in [1.165, 1.54) is 0 Å². The number of carbonyl (C=O) groups excluding carboxylic acids is 1. The van der Waals surface area contributed by atoms with E-state index in [2.05, 4.69) is 23.4 Å². The number of imidazole rings is 1. The highest BCUT2D eigenvalue weighted by atomic mass is 16.1. The van der Waals surface area contributed by atoms with Crippen molar-refractivity contribution < 1.29 is 4.79 Å². The molecule has 1 unspecified atom stereocenters. The maximum atomic E-state index is 11.2. The molecule has 1 atom stereocenters. The summed E-state index contributed by atoms with van der Waals surface area (Å²) in [5.41, 5.74) is 0. The molecule has 3 heteroatoms. The molecule has 1 saturated carbocycles. The van der Waals surface area contributed by atoms with Gasteiger partial charge in [-0.05, 0) is 6.42 Å². The smallest absolute Gasteiger partial charge is 0.135 e. The molecule has 0 aromatic carbocycles. The Labute approximate surface area is 84.1 Å². The second-order valence-electron chi connectivity index (χ2n) is 4.28. The fraction of sp³-hybridized carbons (Fsp3) is 0.636. The average Bonchev–Trinajstić information content (AvgIpc) is 2.70. The van der Waals surface area contributed by atoms with Crippen molar-refractivity contribution in [2.75, 3.05) is 0 Å². The number of rotatable bonds is 2. The zero-order valence-electron chi connectivity index (χ0n) is 8.73. The summed E-state index contributed by atoms with van der Waals surface area (Å²) in [7, 11) is 0. The third-order valence-electron chi connectivity index (χ3n) is 2.83. The number of hydrogen-bond donors (Lipinski definition) is 0. The molecule has 0 bridgehead atoms. The van der Waals surface area contributed by atoms with Crippen molar-refractivity contribution in [2.24, 2.45) is 0 Å². The van der Waals surface area contributed by atoms with E-state index in [9.17, 15) is 4.79 Å². The maximum Gasteiger partial charge on any atom is 0.135 e. The highest BCUT2D eigenvalue weighted by molar-refractivity contribution is 5.80. The SMILES string of the molecule is CC(C)c1nccn1C1CCC(=O)C1. The lowest BCUT2D eigenvalue weighted by Gasteiger charge is -2.15. The molecule has 0 amide bonds. The van der Waals surface area contributed by atoms with Crippen LogP contribution in [0.1, 0.15) is 50.9 Å². The second kappa shape index (κ2) is 3.56. The van der Waals surface area contributed by atoms with Gasteiger partial charge in [0.15, 0.2) is 0 Å². The molecule has 76 valence electrons. The molecule has 3 nitrogen and oxygen atoms in total. The van der Waals surface area contributed by atoms with E-state index in [1.807, 2.05) is 12.4 Å². The number of hydrogen-bond acceptors (Lipinski definition) is 2. The zero-order valence-corrected chi connectivity index (χ0v) is 8.73. The van der Waals surface area contributed by atoms with Crippen LogP contribution in [-0.4, -0.2) is 15.3 Å². The summed E-state index contributed by atoms with van der Waals surface area (Å²) in [5.74, 6) is 1.92. The second-order valence-corrected chi connectivity index (χ2v) is 4.28. The third kappa shape index (κ3) is 1.59. The van der Waals surface area contributed by atoms with Crippen LogP contribution in [0.3, 0.4) is 0 Å². The van der Waals surface area contributed by atoms with Crippen LogP contribution in [0.2, 0.25) is 0 Å². The van der Waals surface area contributed by atoms with E-state index in [0.29, 0.717) is 24.2 Å². The lowest BCUT2D eigenvalue weighted by molar-refractivity contribution is -0.117. The normalized spacial score (nSPS) is 22.2. The standard InChI is InChI=1S/C11H16N2O/c1-8(2)11-12-5-6-13(11)9-3-4-10(14)7-9/h5-6,8-9H,3-4,7H2,1-2H3. The molecule has 14 heavy (non-hydrogen) atoms. The van der Waals surface area contributed by atoms with Crippen LogP contribution < -0.4 is 0 Å². The first-order chi connectivity index (χ1) is 6.68. The fourth-order valence-corrected chi connectivity index (χ4v) is 2.11. The summed E-state index contributed by atoms with van der Waals surface area (Å²) in [5, 5.41) is 0. The third-order valence-corrected chi connectivity index (χ3v) is 2.83. The minimum Gasteiger partial charge on any atom is -0.331 e. The number of ketones is 1. The van der Waals surface area contributed by atoms with Gasteiger partial charge in [-0.3, -0.25) is 4.79 Å². The number of nitrogens with zero attached hydrogens (tertiary/aromatic N) is 2. The topological polar surface area (TPSA) is 34.9 Å². The van der Waals surface area contributed by atoms with E-state index in [0.717, 1.165) is 18.7 Å². The van der Waals surface area contributed by atoms with E-state index in [-0.39, 0.29) is 0 Å². The Hall–Kier alpha value is -1.12. The molecule has 1 aromatic heterocycles. The van der Waals surface area contributed by atoms with Crippen molar-refractivity contribution in [3.05, 3.63) is 18.2 Å². The molecule has 1 heterocycles. The minimum atomic E-state index is 0.363. The van der Waals surface area contributed by atoms with Gasteiger partial charge in [-0.25, -0.2) is 4.98 Å². The molecular formula is C11H16N2O. The largest absolute Gasteiger partial charge is 0.331 e. The van der Waals surface area contributed by atoms with Gasteiger partial charge in [0.05, 0.1) is 0 Å².